The zero-order valence-corrected chi connectivity index (χ0v) is 17.5. The molecule has 5 nitrogen and oxygen atoms in total. The van der Waals surface area contributed by atoms with Crippen molar-refractivity contribution in [2.24, 2.45) is 0 Å². The Kier molecular flexibility index (Phi) is 6.64. The van der Waals surface area contributed by atoms with Gasteiger partial charge in [0.15, 0.2) is 0 Å². The van der Waals surface area contributed by atoms with Crippen LogP contribution in [0, 0.1) is 3.57 Å². The minimum Gasteiger partial charge on any atom is -0.444 e. The highest BCUT2D eigenvalue weighted by atomic mass is 127. The van der Waals surface area contributed by atoms with Crippen molar-refractivity contribution in [2.45, 2.75) is 51.4 Å². The maximum Gasteiger partial charge on any atom is 0.417 e. The van der Waals surface area contributed by atoms with Crippen molar-refractivity contribution in [1.29, 1.82) is 0 Å². The molecule has 27 heavy (non-hydrogen) atoms. The summed E-state index contributed by atoms with van der Waals surface area (Å²) in [6, 6.07) is 3.28. The van der Waals surface area contributed by atoms with Crippen molar-refractivity contribution >= 4 is 34.6 Å². The molecule has 1 heterocycles. The number of rotatable bonds is 2. The van der Waals surface area contributed by atoms with Crippen LogP contribution in [-0.2, 0) is 10.9 Å². The minimum atomic E-state index is -4.61. The van der Waals surface area contributed by atoms with Gasteiger partial charge in [0.2, 0.25) is 0 Å². The number of alkyl halides is 3. The van der Waals surface area contributed by atoms with Crippen LogP contribution in [0.5, 0.6) is 0 Å². The predicted molar refractivity (Wildman–Crippen MR) is 102 cm³/mol. The molecule has 1 saturated heterocycles. The summed E-state index contributed by atoms with van der Waals surface area (Å²) in [4.78, 5) is 26.0. The zero-order valence-electron chi connectivity index (χ0n) is 15.3. The fraction of sp³-hybridized carbons (Fsp3) is 0.556. The Bertz CT molecular complexity index is 717. The van der Waals surface area contributed by atoms with E-state index >= 15 is 0 Å². The summed E-state index contributed by atoms with van der Waals surface area (Å²) in [5, 5.41) is 2.69. The summed E-state index contributed by atoms with van der Waals surface area (Å²) in [5.74, 6) is -0.686. The van der Waals surface area contributed by atoms with Crippen LogP contribution in [-0.4, -0.2) is 41.6 Å². The fourth-order valence-electron chi connectivity index (χ4n) is 2.86. The lowest BCUT2D eigenvalue weighted by Gasteiger charge is -2.34. The molecule has 0 bridgehead atoms. The molecule has 150 valence electrons. The van der Waals surface area contributed by atoms with Gasteiger partial charge in [-0.05, 0) is 74.4 Å². The SMILES string of the molecule is CC(C)(C)OC(=O)NC1CCCN(C(=O)c2ccc(I)cc2C(F)(F)F)C1. The van der Waals surface area contributed by atoms with Gasteiger partial charge < -0.3 is 15.0 Å². The molecular weight excluding hydrogens is 476 g/mol. The number of ether oxygens (including phenoxy) is 1. The molecule has 0 spiro atoms. The van der Waals surface area contributed by atoms with Gasteiger partial charge in [-0.15, -0.1) is 0 Å². The Hall–Kier alpha value is -1.52. The van der Waals surface area contributed by atoms with Crippen LogP contribution in [0.4, 0.5) is 18.0 Å². The van der Waals surface area contributed by atoms with Crippen LogP contribution in [0.25, 0.3) is 0 Å². The zero-order chi connectivity index (χ0) is 20.4. The molecule has 9 heteroatoms. The van der Waals surface area contributed by atoms with Gasteiger partial charge >= 0.3 is 12.3 Å². The maximum atomic E-state index is 13.3. The average Bonchev–Trinajstić information content (AvgIpc) is 2.51. The molecule has 2 amide bonds. The van der Waals surface area contributed by atoms with Crippen molar-refractivity contribution in [1.82, 2.24) is 10.2 Å². The molecular formula is C18H22F3IN2O3. The Labute approximate surface area is 169 Å². The van der Waals surface area contributed by atoms with E-state index in [0.29, 0.717) is 23.0 Å². The smallest absolute Gasteiger partial charge is 0.417 e. The van der Waals surface area contributed by atoms with Crippen molar-refractivity contribution < 1.29 is 27.5 Å². The number of piperidine rings is 1. The van der Waals surface area contributed by atoms with Gasteiger partial charge in [0.05, 0.1) is 11.1 Å². The molecule has 1 fully saturated rings. The van der Waals surface area contributed by atoms with Gasteiger partial charge in [-0.1, -0.05) is 0 Å². The second-order valence-electron chi connectivity index (χ2n) is 7.42. The normalized spacial score (nSPS) is 18.2. The van der Waals surface area contributed by atoms with E-state index in [9.17, 15) is 22.8 Å². The molecule has 1 N–H and O–H groups in total. The largest absolute Gasteiger partial charge is 0.444 e. The lowest BCUT2D eigenvalue weighted by Crippen LogP contribution is -2.50. The van der Waals surface area contributed by atoms with Crippen LogP contribution in [0.15, 0.2) is 18.2 Å². The number of halogens is 4. The number of carbonyl (C=O) groups is 2. The number of hydrogen-bond acceptors (Lipinski definition) is 3. The molecule has 0 saturated carbocycles. The Morgan fingerprint density at radius 1 is 1.26 bits per heavy atom. The Morgan fingerprint density at radius 3 is 2.52 bits per heavy atom. The van der Waals surface area contributed by atoms with Crippen molar-refractivity contribution in [3.8, 4) is 0 Å². The summed E-state index contributed by atoms with van der Waals surface area (Å²) < 4.78 is 45.5. The third kappa shape index (κ3) is 6.25. The third-order valence-electron chi connectivity index (χ3n) is 3.95. The van der Waals surface area contributed by atoms with E-state index in [2.05, 4.69) is 5.32 Å². The molecule has 0 radical (unpaired) electrons. The molecule has 0 aliphatic carbocycles. The van der Waals surface area contributed by atoms with Crippen LogP contribution in [0.2, 0.25) is 0 Å². The van der Waals surface area contributed by atoms with Crippen LogP contribution >= 0.6 is 22.6 Å². The highest BCUT2D eigenvalue weighted by molar-refractivity contribution is 14.1. The quantitative estimate of drug-likeness (QED) is 0.614. The molecule has 1 aliphatic rings. The van der Waals surface area contributed by atoms with E-state index in [1.807, 2.05) is 0 Å². The van der Waals surface area contributed by atoms with Gasteiger partial charge in [0, 0.05) is 22.7 Å². The number of hydrogen-bond donors (Lipinski definition) is 1. The van der Waals surface area contributed by atoms with Crippen molar-refractivity contribution in [3.63, 3.8) is 0 Å². The van der Waals surface area contributed by atoms with E-state index in [0.717, 1.165) is 6.07 Å². The fourth-order valence-corrected chi connectivity index (χ4v) is 3.35. The van der Waals surface area contributed by atoms with E-state index in [-0.39, 0.29) is 18.2 Å². The Balaban J connectivity index is 2.13. The second-order valence-corrected chi connectivity index (χ2v) is 8.67. The minimum absolute atomic E-state index is 0.140. The lowest BCUT2D eigenvalue weighted by atomic mass is 10.0. The predicted octanol–water partition coefficient (Wildman–Crippen LogP) is 4.44. The van der Waals surface area contributed by atoms with Gasteiger partial charge in [0.25, 0.3) is 5.91 Å². The molecule has 0 aromatic heterocycles. The standard InChI is InChI=1S/C18H22F3IN2O3/c1-17(2,3)27-16(26)23-12-5-4-8-24(10-12)15(25)13-7-6-11(22)9-14(13)18(19,20)21/h6-7,9,12H,4-5,8,10H2,1-3H3,(H,23,26). The highest BCUT2D eigenvalue weighted by Crippen LogP contribution is 2.34. The number of alkyl carbamates (subject to hydrolysis) is 1. The number of amides is 2. The first kappa shape index (κ1) is 21.8. The van der Waals surface area contributed by atoms with E-state index in [4.69, 9.17) is 4.74 Å². The first-order chi connectivity index (χ1) is 12.4. The molecule has 1 aromatic rings. The first-order valence-electron chi connectivity index (χ1n) is 8.52. The van der Waals surface area contributed by atoms with Crippen LogP contribution < -0.4 is 5.32 Å². The summed E-state index contributed by atoms with van der Waals surface area (Å²) >= 11 is 1.78. The number of nitrogens with zero attached hydrogens (tertiary/aromatic N) is 1. The number of likely N-dealkylation sites (tertiary alicyclic amines) is 1. The van der Waals surface area contributed by atoms with Gasteiger partial charge in [-0.25, -0.2) is 4.79 Å². The molecule has 1 aromatic carbocycles. The summed E-state index contributed by atoms with van der Waals surface area (Å²) in [7, 11) is 0. The van der Waals surface area contributed by atoms with Gasteiger partial charge in [0.1, 0.15) is 5.60 Å². The summed E-state index contributed by atoms with van der Waals surface area (Å²) in [5.41, 5.74) is -1.97. The second kappa shape index (κ2) is 8.24. The topological polar surface area (TPSA) is 58.6 Å². The van der Waals surface area contributed by atoms with E-state index in [1.165, 1.54) is 17.0 Å². The lowest BCUT2D eigenvalue weighted by molar-refractivity contribution is -0.138. The number of benzene rings is 1. The number of nitrogens with one attached hydrogen (secondary N) is 1. The maximum absolute atomic E-state index is 13.3. The van der Waals surface area contributed by atoms with Crippen LogP contribution in [0.3, 0.4) is 0 Å². The molecule has 1 aliphatic heterocycles. The highest BCUT2D eigenvalue weighted by Gasteiger charge is 2.37. The van der Waals surface area contributed by atoms with Crippen molar-refractivity contribution in [3.05, 3.63) is 32.9 Å². The van der Waals surface area contributed by atoms with Crippen molar-refractivity contribution in [2.75, 3.05) is 13.1 Å². The average molecular weight is 498 g/mol. The molecule has 1 atom stereocenters. The van der Waals surface area contributed by atoms with Gasteiger partial charge in [-0.3, -0.25) is 4.79 Å². The van der Waals surface area contributed by atoms with E-state index in [1.54, 1.807) is 43.4 Å². The van der Waals surface area contributed by atoms with Gasteiger partial charge in [-0.2, -0.15) is 13.2 Å². The van der Waals surface area contributed by atoms with E-state index < -0.39 is 29.3 Å². The monoisotopic (exact) mass is 498 g/mol. The molecule has 2 rings (SSSR count). The Morgan fingerprint density at radius 2 is 1.93 bits per heavy atom. The van der Waals surface area contributed by atoms with Crippen LogP contribution in [0.1, 0.15) is 49.5 Å². The summed E-state index contributed by atoms with van der Waals surface area (Å²) in [6.07, 6.45) is -4.01. The number of carbonyl (C=O) groups excluding carboxylic acids is 2. The molecule has 1 unspecified atom stereocenters. The third-order valence-corrected chi connectivity index (χ3v) is 4.62. The first-order valence-corrected chi connectivity index (χ1v) is 9.60. The summed E-state index contributed by atoms with van der Waals surface area (Å²) in [6.45, 7) is 5.69.